The Labute approximate surface area is 115 Å². The molecule has 0 saturated heterocycles. The van der Waals surface area contributed by atoms with Gasteiger partial charge in [0.2, 0.25) is 5.91 Å². The van der Waals surface area contributed by atoms with E-state index >= 15 is 0 Å². The van der Waals surface area contributed by atoms with E-state index in [4.69, 9.17) is 5.73 Å². The zero-order valence-electron chi connectivity index (χ0n) is 12.4. The van der Waals surface area contributed by atoms with Crippen LogP contribution in [0.25, 0.3) is 0 Å². The lowest BCUT2D eigenvalue weighted by Crippen LogP contribution is -2.28. The van der Waals surface area contributed by atoms with E-state index in [-0.39, 0.29) is 11.8 Å². The van der Waals surface area contributed by atoms with Gasteiger partial charge >= 0.3 is 0 Å². The van der Waals surface area contributed by atoms with Crippen LogP contribution in [0.4, 0.5) is 0 Å². The summed E-state index contributed by atoms with van der Waals surface area (Å²) in [5.74, 6) is 0.913. The second kappa shape index (κ2) is 7.28. The number of nitrogens with two attached hydrogens (primary N) is 1. The van der Waals surface area contributed by atoms with Gasteiger partial charge in [0.15, 0.2) is 0 Å². The number of hydrogen-bond acceptors (Lipinski definition) is 3. The molecule has 0 radical (unpaired) electrons. The van der Waals surface area contributed by atoms with Crippen molar-refractivity contribution < 1.29 is 4.79 Å². The number of nitrogens with zero attached hydrogens (tertiary/aromatic N) is 2. The average Bonchev–Trinajstić information content (AvgIpc) is 2.63. The summed E-state index contributed by atoms with van der Waals surface area (Å²) in [7, 11) is 1.88. The number of amides is 1. The van der Waals surface area contributed by atoms with Crippen LogP contribution in [0.5, 0.6) is 0 Å². The van der Waals surface area contributed by atoms with Gasteiger partial charge in [0.05, 0.1) is 5.69 Å². The predicted molar refractivity (Wildman–Crippen MR) is 76.4 cm³/mol. The number of aromatic nitrogens is 2. The minimum atomic E-state index is 0.0688. The van der Waals surface area contributed by atoms with Crippen LogP contribution in [0.2, 0.25) is 0 Å². The van der Waals surface area contributed by atoms with Crippen LogP contribution in [-0.2, 0) is 18.4 Å². The van der Waals surface area contributed by atoms with Crippen LogP contribution < -0.4 is 11.1 Å². The summed E-state index contributed by atoms with van der Waals surface area (Å²) in [5.41, 5.74) is 7.73. The van der Waals surface area contributed by atoms with Gasteiger partial charge in [-0.2, -0.15) is 5.10 Å². The molecule has 0 fully saturated rings. The van der Waals surface area contributed by atoms with E-state index in [1.165, 1.54) is 0 Å². The molecule has 0 spiro atoms. The molecule has 0 aromatic carbocycles. The largest absolute Gasteiger partial charge is 0.352 e. The summed E-state index contributed by atoms with van der Waals surface area (Å²) in [6.45, 7) is 7.36. The van der Waals surface area contributed by atoms with Gasteiger partial charge in [-0.15, -0.1) is 0 Å². The molecule has 1 amide bonds. The zero-order valence-corrected chi connectivity index (χ0v) is 12.4. The highest BCUT2D eigenvalue weighted by molar-refractivity contribution is 5.76. The van der Waals surface area contributed by atoms with Crippen molar-refractivity contribution in [2.75, 3.05) is 6.54 Å². The molecule has 5 heteroatoms. The average molecular weight is 266 g/mol. The third-order valence-electron chi connectivity index (χ3n) is 3.20. The van der Waals surface area contributed by atoms with Crippen molar-refractivity contribution in [3.63, 3.8) is 0 Å². The van der Waals surface area contributed by atoms with Gasteiger partial charge in [0, 0.05) is 31.8 Å². The quantitative estimate of drug-likeness (QED) is 0.782. The molecule has 0 aliphatic carbocycles. The maximum atomic E-state index is 11.9. The molecular weight excluding hydrogens is 240 g/mol. The predicted octanol–water partition coefficient (Wildman–Crippen LogP) is 1.36. The molecule has 1 unspecified atom stereocenters. The highest BCUT2D eigenvalue weighted by Crippen LogP contribution is 2.14. The fourth-order valence-electron chi connectivity index (χ4n) is 2.28. The van der Waals surface area contributed by atoms with Gasteiger partial charge in [0.25, 0.3) is 0 Å². The Morgan fingerprint density at radius 1 is 1.53 bits per heavy atom. The van der Waals surface area contributed by atoms with Crippen molar-refractivity contribution in [1.82, 2.24) is 15.1 Å². The van der Waals surface area contributed by atoms with E-state index in [1.54, 1.807) is 4.68 Å². The van der Waals surface area contributed by atoms with Crippen LogP contribution in [0.1, 0.15) is 37.9 Å². The molecule has 0 aliphatic heterocycles. The van der Waals surface area contributed by atoms with Crippen LogP contribution in [0, 0.1) is 18.8 Å². The Hall–Kier alpha value is -1.36. The SMILES string of the molecule is Cc1nn(C)cc1CNC(=O)CC(CN)CC(C)C. The fraction of sp³-hybridized carbons (Fsp3) is 0.714. The number of carbonyl (C=O) groups excluding carboxylic acids is 1. The first-order valence-corrected chi connectivity index (χ1v) is 6.88. The number of carbonyl (C=O) groups is 1. The van der Waals surface area contributed by atoms with Gasteiger partial charge in [0.1, 0.15) is 0 Å². The highest BCUT2D eigenvalue weighted by atomic mass is 16.1. The normalized spacial score (nSPS) is 12.7. The molecule has 3 N–H and O–H groups in total. The molecule has 0 aliphatic rings. The molecule has 1 heterocycles. The van der Waals surface area contributed by atoms with E-state index in [1.807, 2.05) is 20.2 Å². The van der Waals surface area contributed by atoms with E-state index in [2.05, 4.69) is 24.3 Å². The summed E-state index contributed by atoms with van der Waals surface area (Å²) in [6, 6.07) is 0. The van der Waals surface area contributed by atoms with Gasteiger partial charge in [-0.25, -0.2) is 0 Å². The number of hydrogen-bond donors (Lipinski definition) is 2. The first kappa shape index (κ1) is 15.7. The summed E-state index contributed by atoms with van der Waals surface area (Å²) >= 11 is 0. The van der Waals surface area contributed by atoms with Crippen molar-refractivity contribution in [3.8, 4) is 0 Å². The Morgan fingerprint density at radius 3 is 2.68 bits per heavy atom. The maximum Gasteiger partial charge on any atom is 0.220 e. The summed E-state index contributed by atoms with van der Waals surface area (Å²) in [5, 5.41) is 7.19. The van der Waals surface area contributed by atoms with Gasteiger partial charge in [-0.3, -0.25) is 9.48 Å². The third kappa shape index (κ3) is 5.42. The molecule has 5 nitrogen and oxygen atoms in total. The van der Waals surface area contributed by atoms with Gasteiger partial charge in [-0.05, 0) is 31.7 Å². The Morgan fingerprint density at radius 2 is 2.21 bits per heavy atom. The zero-order chi connectivity index (χ0) is 14.4. The van der Waals surface area contributed by atoms with Crippen molar-refractivity contribution in [2.24, 2.45) is 24.6 Å². The highest BCUT2D eigenvalue weighted by Gasteiger charge is 2.14. The number of aryl methyl sites for hydroxylation is 2. The lowest BCUT2D eigenvalue weighted by atomic mass is 9.94. The minimum Gasteiger partial charge on any atom is -0.352 e. The molecule has 1 rings (SSSR count). The molecule has 108 valence electrons. The lowest BCUT2D eigenvalue weighted by Gasteiger charge is -2.16. The van der Waals surface area contributed by atoms with E-state index in [0.717, 1.165) is 17.7 Å². The van der Waals surface area contributed by atoms with E-state index in [9.17, 15) is 4.79 Å². The van der Waals surface area contributed by atoms with Crippen molar-refractivity contribution in [1.29, 1.82) is 0 Å². The maximum absolute atomic E-state index is 11.9. The molecule has 0 bridgehead atoms. The summed E-state index contributed by atoms with van der Waals surface area (Å²) in [6.07, 6.45) is 3.44. The molecule has 1 aromatic rings. The molecule has 1 aromatic heterocycles. The van der Waals surface area contributed by atoms with Crippen molar-refractivity contribution in [2.45, 2.75) is 40.2 Å². The Kier molecular flexibility index (Phi) is 6.02. The second-order valence-corrected chi connectivity index (χ2v) is 5.63. The van der Waals surface area contributed by atoms with Gasteiger partial charge < -0.3 is 11.1 Å². The topological polar surface area (TPSA) is 72.9 Å². The summed E-state index contributed by atoms with van der Waals surface area (Å²) in [4.78, 5) is 11.9. The smallest absolute Gasteiger partial charge is 0.220 e. The van der Waals surface area contributed by atoms with E-state index < -0.39 is 0 Å². The second-order valence-electron chi connectivity index (χ2n) is 5.63. The Balaban J connectivity index is 2.40. The monoisotopic (exact) mass is 266 g/mol. The molecule has 0 saturated carbocycles. The molecule has 19 heavy (non-hydrogen) atoms. The first-order chi connectivity index (χ1) is 8.92. The molecule has 1 atom stereocenters. The number of rotatable bonds is 7. The van der Waals surface area contributed by atoms with Crippen LogP contribution in [-0.4, -0.2) is 22.2 Å². The van der Waals surface area contributed by atoms with Crippen molar-refractivity contribution >= 4 is 5.91 Å². The first-order valence-electron chi connectivity index (χ1n) is 6.88. The lowest BCUT2D eigenvalue weighted by molar-refractivity contribution is -0.122. The standard InChI is InChI=1S/C14H26N4O/c1-10(2)5-12(7-15)6-14(19)16-8-13-9-18(4)17-11(13)3/h9-10,12H,5-8,15H2,1-4H3,(H,16,19). The Bertz CT molecular complexity index is 412. The number of nitrogens with one attached hydrogen (secondary N) is 1. The molecular formula is C14H26N4O. The van der Waals surface area contributed by atoms with Crippen LogP contribution >= 0.6 is 0 Å². The van der Waals surface area contributed by atoms with Gasteiger partial charge in [-0.1, -0.05) is 13.8 Å². The third-order valence-corrected chi connectivity index (χ3v) is 3.20. The van der Waals surface area contributed by atoms with Crippen LogP contribution in [0.15, 0.2) is 6.20 Å². The minimum absolute atomic E-state index is 0.0688. The summed E-state index contributed by atoms with van der Waals surface area (Å²) < 4.78 is 1.76. The van der Waals surface area contributed by atoms with E-state index in [0.29, 0.717) is 25.4 Å². The van der Waals surface area contributed by atoms with Crippen LogP contribution in [0.3, 0.4) is 0 Å². The van der Waals surface area contributed by atoms with Crippen molar-refractivity contribution in [3.05, 3.63) is 17.5 Å². The fourth-order valence-corrected chi connectivity index (χ4v) is 2.28.